The van der Waals surface area contributed by atoms with Crippen LogP contribution in [0, 0.1) is 17.8 Å². The van der Waals surface area contributed by atoms with E-state index in [1.807, 2.05) is 0 Å². The fourth-order valence-electron chi connectivity index (χ4n) is 2.60. The quantitative estimate of drug-likeness (QED) is 0.621. The maximum absolute atomic E-state index is 11.7. The van der Waals surface area contributed by atoms with Crippen molar-refractivity contribution in [3.63, 3.8) is 0 Å². The molecule has 0 bridgehead atoms. The van der Waals surface area contributed by atoms with Gasteiger partial charge >= 0.3 is 0 Å². The molecule has 2 fully saturated rings. The number of carbonyl (C=O) groups excluding carboxylic acids is 1. The fraction of sp³-hybridized carbons (Fsp3) is 0.900. The number of methoxy groups -OCH3 is 2. The number of ketones is 1. The van der Waals surface area contributed by atoms with Gasteiger partial charge < -0.3 is 14.2 Å². The first kappa shape index (κ1) is 10.1. The highest BCUT2D eigenvalue weighted by atomic mass is 16.7. The van der Waals surface area contributed by atoms with Crippen LogP contribution in [0.3, 0.4) is 0 Å². The lowest BCUT2D eigenvalue weighted by atomic mass is 9.92. The Morgan fingerprint density at radius 1 is 1.36 bits per heavy atom. The number of ether oxygens (including phenoxy) is 3. The molecule has 0 spiro atoms. The van der Waals surface area contributed by atoms with Crippen LogP contribution in [0.2, 0.25) is 0 Å². The molecule has 0 radical (unpaired) electrons. The van der Waals surface area contributed by atoms with Crippen LogP contribution in [0.25, 0.3) is 0 Å². The molecule has 80 valence electrons. The van der Waals surface area contributed by atoms with Crippen molar-refractivity contribution in [3.05, 3.63) is 0 Å². The van der Waals surface area contributed by atoms with E-state index >= 15 is 0 Å². The molecule has 1 heterocycles. The van der Waals surface area contributed by atoms with Gasteiger partial charge in [-0.15, -0.1) is 0 Å². The molecule has 14 heavy (non-hydrogen) atoms. The fourth-order valence-corrected chi connectivity index (χ4v) is 2.60. The van der Waals surface area contributed by atoms with Gasteiger partial charge in [0.15, 0.2) is 6.29 Å². The summed E-state index contributed by atoms with van der Waals surface area (Å²) in [5.74, 6) is 0.821. The van der Waals surface area contributed by atoms with E-state index in [9.17, 15) is 4.79 Å². The monoisotopic (exact) mass is 200 g/mol. The molecule has 0 aromatic rings. The molecule has 3 unspecified atom stereocenters. The summed E-state index contributed by atoms with van der Waals surface area (Å²) in [4.78, 5) is 11.7. The molecule has 3 atom stereocenters. The minimum Gasteiger partial charge on any atom is -0.381 e. The second-order valence-electron chi connectivity index (χ2n) is 4.00. The summed E-state index contributed by atoms with van der Waals surface area (Å²) in [6.07, 6.45) is 0.220. The average Bonchev–Trinajstić information content (AvgIpc) is 2.70. The molecule has 0 amide bonds. The van der Waals surface area contributed by atoms with Crippen LogP contribution in [0.5, 0.6) is 0 Å². The van der Waals surface area contributed by atoms with Crippen molar-refractivity contribution in [3.8, 4) is 0 Å². The SMILES string of the molecule is COC(OC)C1C(=O)CC2COCC21. The van der Waals surface area contributed by atoms with Crippen molar-refractivity contribution < 1.29 is 19.0 Å². The van der Waals surface area contributed by atoms with Crippen molar-refractivity contribution in [1.82, 2.24) is 0 Å². The Morgan fingerprint density at radius 3 is 2.71 bits per heavy atom. The van der Waals surface area contributed by atoms with Crippen molar-refractivity contribution in [2.24, 2.45) is 17.8 Å². The second kappa shape index (κ2) is 3.96. The Morgan fingerprint density at radius 2 is 2.07 bits per heavy atom. The van der Waals surface area contributed by atoms with Crippen LogP contribution in [0.15, 0.2) is 0 Å². The van der Waals surface area contributed by atoms with Gasteiger partial charge in [-0.3, -0.25) is 4.79 Å². The van der Waals surface area contributed by atoms with E-state index < -0.39 is 6.29 Å². The maximum atomic E-state index is 11.7. The molecule has 1 saturated heterocycles. The molecular formula is C10H16O4. The van der Waals surface area contributed by atoms with Crippen LogP contribution in [0.1, 0.15) is 6.42 Å². The average molecular weight is 200 g/mol. The summed E-state index contributed by atoms with van der Waals surface area (Å²) in [7, 11) is 3.15. The number of hydrogen-bond acceptors (Lipinski definition) is 4. The highest BCUT2D eigenvalue weighted by Gasteiger charge is 2.49. The van der Waals surface area contributed by atoms with E-state index in [0.29, 0.717) is 31.5 Å². The van der Waals surface area contributed by atoms with Gasteiger partial charge in [0.25, 0.3) is 0 Å². The zero-order chi connectivity index (χ0) is 10.1. The van der Waals surface area contributed by atoms with Crippen LogP contribution in [0.4, 0.5) is 0 Å². The van der Waals surface area contributed by atoms with E-state index in [1.54, 1.807) is 14.2 Å². The maximum Gasteiger partial charge on any atom is 0.166 e. The van der Waals surface area contributed by atoms with Crippen LogP contribution in [-0.4, -0.2) is 39.5 Å². The summed E-state index contributed by atoms with van der Waals surface area (Å²) in [5.41, 5.74) is 0. The first-order chi connectivity index (χ1) is 6.77. The molecule has 2 aliphatic rings. The smallest absolute Gasteiger partial charge is 0.166 e. The largest absolute Gasteiger partial charge is 0.381 e. The Labute approximate surface area is 83.5 Å². The topological polar surface area (TPSA) is 44.8 Å². The summed E-state index contributed by atoms with van der Waals surface area (Å²) >= 11 is 0. The van der Waals surface area contributed by atoms with E-state index in [4.69, 9.17) is 14.2 Å². The first-order valence-electron chi connectivity index (χ1n) is 4.94. The van der Waals surface area contributed by atoms with Crippen molar-refractivity contribution >= 4 is 5.78 Å². The molecule has 0 N–H and O–H groups in total. The molecule has 1 saturated carbocycles. The van der Waals surface area contributed by atoms with Gasteiger partial charge in [-0.2, -0.15) is 0 Å². The van der Waals surface area contributed by atoms with Crippen LogP contribution < -0.4 is 0 Å². The van der Waals surface area contributed by atoms with Crippen molar-refractivity contribution in [2.45, 2.75) is 12.7 Å². The summed E-state index contributed by atoms with van der Waals surface area (Å²) in [6, 6.07) is 0. The minimum atomic E-state index is -0.404. The zero-order valence-electron chi connectivity index (χ0n) is 8.56. The summed E-state index contributed by atoms with van der Waals surface area (Å²) in [6.45, 7) is 1.39. The van der Waals surface area contributed by atoms with Gasteiger partial charge in [-0.1, -0.05) is 0 Å². The zero-order valence-corrected chi connectivity index (χ0v) is 8.56. The Kier molecular flexibility index (Phi) is 2.85. The number of carbonyl (C=O) groups is 1. The van der Waals surface area contributed by atoms with Gasteiger partial charge in [0.2, 0.25) is 0 Å². The molecular weight excluding hydrogens is 184 g/mol. The van der Waals surface area contributed by atoms with Gasteiger partial charge in [-0.05, 0) is 5.92 Å². The normalized spacial score (nSPS) is 36.8. The van der Waals surface area contributed by atoms with Gasteiger partial charge in [0, 0.05) is 26.6 Å². The number of hydrogen-bond donors (Lipinski definition) is 0. The summed E-state index contributed by atoms with van der Waals surface area (Å²) < 4.78 is 15.7. The lowest BCUT2D eigenvalue weighted by molar-refractivity contribution is -0.159. The molecule has 1 aliphatic heterocycles. The van der Waals surface area contributed by atoms with E-state index in [2.05, 4.69) is 0 Å². The van der Waals surface area contributed by atoms with E-state index in [0.717, 1.165) is 0 Å². The third kappa shape index (κ3) is 1.47. The Bertz CT molecular complexity index is 224. The summed E-state index contributed by atoms with van der Waals surface area (Å²) in [5, 5.41) is 0. The van der Waals surface area contributed by atoms with E-state index in [-0.39, 0.29) is 11.7 Å². The lowest BCUT2D eigenvalue weighted by Crippen LogP contribution is -2.33. The van der Waals surface area contributed by atoms with E-state index in [1.165, 1.54) is 0 Å². The van der Waals surface area contributed by atoms with Gasteiger partial charge in [-0.25, -0.2) is 0 Å². The number of fused-ring (bicyclic) bond motifs is 1. The predicted octanol–water partition coefficient (Wildman–Crippen LogP) is 0.457. The predicted molar refractivity (Wildman–Crippen MR) is 48.7 cm³/mol. The molecule has 4 heteroatoms. The number of Topliss-reactive ketones (excluding diaryl/α,β-unsaturated/α-hetero) is 1. The Hall–Kier alpha value is -0.450. The molecule has 0 aromatic heterocycles. The molecule has 4 nitrogen and oxygen atoms in total. The third-order valence-corrected chi connectivity index (χ3v) is 3.30. The highest BCUT2D eigenvalue weighted by molar-refractivity contribution is 5.84. The molecule has 0 aromatic carbocycles. The lowest BCUT2D eigenvalue weighted by Gasteiger charge is -2.23. The van der Waals surface area contributed by atoms with Crippen LogP contribution in [-0.2, 0) is 19.0 Å². The number of rotatable bonds is 3. The minimum absolute atomic E-state index is 0.127. The van der Waals surface area contributed by atoms with Crippen LogP contribution >= 0.6 is 0 Å². The second-order valence-corrected chi connectivity index (χ2v) is 4.00. The van der Waals surface area contributed by atoms with Gasteiger partial charge in [0.1, 0.15) is 5.78 Å². The van der Waals surface area contributed by atoms with Crippen molar-refractivity contribution in [2.75, 3.05) is 27.4 Å². The third-order valence-electron chi connectivity index (χ3n) is 3.30. The molecule has 2 rings (SSSR count). The standard InChI is InChI=1S/C10H16O4/c1-12-10(13-2)9-7-5-14-4-6(7)3-8(9)11/h6-7,9-10H,3-5H2,1-2H3. The first-order valence-corrected chi connectivity index (χ1v) is 4.94. The highest BCUT2D eigenvalue weighted by Crippen LogP contribution is 2.41. The Balaban J connectivity index is 2.12. The van der Waals surface area contributed by atoms with Crippen molar-refractivity contribution in [1.29, 1.82) is 0 Å². The van der Waals surface area contributed by atoms with Gasteiger partial charge in [0.05, 0.1) is 19.1 Å². The molecule has 1 aliphatic carbocycles.